The van der Waals surface area contributed by atoms with Crippen molar-refractivity contribution in [2.75, 3.05) is 6.61 Å². The zero-order valence-electron chi connectivity index (χ0n) is 12.6. The number of ether oxygens (including phenoxy) is 1. The molecule has 1 fully saturated rings. The zero-order valence-corrected chi connectivity index (χ0v) is 12.6. The highest BCUT2D eigenvalue weighted by Crippen LogP contribution is 2.34. The number of carbonyl (C=O) groups is 2. The van der Waals surface area contributed by atoms with E-state index in [4.69, 9.17) is 10.5 Å². The van der Waals surface area contributed by atoms with Gasteiger partial charge in [-0.2, -0.15) is 0 Å². The van der Waals surface area contributed by atoms with Crippen LogP contribution in [0.5, 0.6) is 5.75 Å². The molecule has 2 aliphatic rings. The van der Waals surface area contributed by atoms with Crippen LogP contribution < -0.4 is 15.8 Å². The summed E-state index contributed by atoms with van der Waals surface area (Å²) in [6.07, 6.45) is 4.28. The molecule has 0 aromatic heterocycles. The molecule has 1 aromatic rings. The maximum atomic E-state index is 12.7. The van der Waals surface area contributed by atoms with Crippen LogP contribution in [0.4, 0.5) is 0 Å². The van der Waals surface area contributed by atoms with Crippen LogP contribution in [-0.4, -0.2) is 24.5 Å². The zero-order chi connectivity index (χ0) is 15.5. The highest BCUT2D eigenvalue weighted by atomic mass is 16.5. The summed E-state index contributed by atoms with van der Waals surface area (Å²) in [6, 6.07) is 7.52. The number of benzene rings is 1. The largest absolute Gasteiger partial charge is 0.493 e. The highest BCUT2D eigenvalue weighted by molar-refractivity contribution is 5.86. The van der Waals surface area contributed by atoms with Gasteiger partial charge in [0.05, 0.1) is 18.4 Å². The number of rotatable bonds is 3. The molecule has 5 heteroatoms. The first kappa shape index (κ1) is 14.9. The molecule has 118 valence electrons. The molecule has 1 aliphatic heterocycles. The molecule has 0 spiro atoms. The number of nitrogens with two attached hydrogens (primary N) is 1. The molecule has 3 atom stereocenters. The van der Waals surface area contributed by atoms with E-state index >= 15 is 0 Å². The molecule has 2 amide bonds. The summed E-state index contributed by atoms with van der Waals surface area (Å²) >= 11 is 0. The third-order valence-corrected chi connectivity index (χ3v) is 4.73. The summed E-state index contributed by atoms with van der Waals surface area (Å²) in [6.45, 7) is 0.541. The van der Waals surface area contributed by atoms with E-state index in [1.165, 1.54) is 0 Å². The molecule has 5 nitrogen and oxygen atoms in total. The SMILES string of the molecule is NC(=O)[C@@H]1CCCC[C@@H]1NC(=O)[C@@H]1CCOc2ccccc21. The van der Waals surface area contributed by atoms with Gasteiger partial charge in [-0.05, 0) is 25.3 Å². The van der Waals surface area contributed by atoms with Gasteiger partial charge in [0.1, 0.15) is 5.75 Å². The van der Waals surface area contributed by atoms with Crippen LogP contribution in [0.3, 0.4) is 0 Å². The van der Waals surface area contributed by atoms with Crippen LogP contribution in [0.2, 0.25) is 0 Å². The molecule has 1 aliphatic carbocycles. The molecular formula is C17H22N2O3. The van der Waals surface area contributed by atoms with E-state index in [9.17, 15) is 9.59 Å². The van der Waals surface area contributed by atoms with Crippen molar-refractivity contribution < 1.29 is 14.3 Å². The van der Waals surface area contributed by atoms with Gasteiger partial charge >= 0.3 is 0 Å². The molecular weight excluding hydrogens is 280 g/mol. The van der Waals surface area contributed by atoms with Gasteiger partial charge in [-0.25, -0.2) is 0 Å². The maximum Gasteiger partial charge on any atom is 0.228 e. The third kappa shape index (κ3) is 2.93. The van der Waals surface area contributed by atoms with Gasteiger partial charge in [-0.3, -0.25) is 9.59 Å². The van der Waals surface area contributed by atoms with E-state index in [-0.39, 0.29) is 29.7 Å². The van der Waals surface area contributed by atoms with E-state index in [1.54, 1.807) is 0 Å². The predicted octanol–water partition coefficient (Wildman–Crippen LogP) is 1.71. The van der Waals surface area contributed by atoms with Crippen LogP contribution >= 0.6 is 0 Å². The van der Waals surface area contributed by atoms with Crippen molar-refractivity contribution in [3.8, 4) is 5.75 Å². The highest BCUT2D eigenvalue weighted by Gasteiger charge is 2.34. The van der Waals surface area contributed by atoms with E-state index in [0.717, 1.165) is 37.0 Å². The number of amides is 2. The van der Waals surface area contributed by atoms with Crippen molar-refractivity contribution in [3.05, 3.63) is 29.8 Å². The Morgan fingerprint density at radius 3 is 2.73 bits per heavy atom. The maximum absolute atomic E-state index is 12.7. The number of hydrogen-bond acceptors (Lipinski definition) is 3. The second kappa shape index (κ2) is 6.38. The summed E-state index contributed by atoms with van der Waals surface area (Å²) in [5, 5.41) is 3.07. The van der Waals surface area contributed by atoms with Crippen LogP contribution in [0.25, 0.3) is 0 Å². The number of para-hydroxylation sites is 1. The molecule has 0 saturated heterocycles. The van der Waals surface area contributed by atoms with Crippen LogP contribution in [-0.2, 0) is 9.59 Å². The van der Waals surface area contributed by atoms with Gasteiger partial charge in [-0.1, -0.05) is 31.0 Å². The minimum atomic E-state index is -0.308. The van der Waals surface area contributed by atoms with Gasteiger partial charge in [0.15, 0.2) is 0 Å². The van der Waals surface area contributed by atoms with E-state index < -0.39 is 0 Å². The second-order valence-electron chi connectivity index (χ2n) is 6.14. The summed E-state index contributed by atoms with van der Waals surface area (Å²) in [5.41, 5.74) is 6.41. The normalized spacial score (nSPS) is 27.4. The van der Waals surface area contributed by atoms with E-state index in [0.29, 0.717) is 13.0 Å². The van der Waals surface area contributed by atoms with Crippen molar-refractivity contribution >= 4 is 11.8 Å². The first-order chi connectivity index (χ1) is 10.7. The van der Waals surface area contributed by atoms with Crippen LogP contribution in [0, 0.1) is 5.92 Å². The number of hydrogen-bond donors (Lipinski definition) is 2. The molecule has 1 heterocycles. The van der Waals surface area contributed by atoms with Crippen LogP contribution in [0.15, 0.2) is 24.3 Å². The first-order valence-electron chi connectivity index (χ1n) is 7.98. The molecule has 3 N–H and O–H groups in total. The molecule has 3 rings (SSSR count). The summed E-state index contributed by atoms with van der Waals surface area (Å²) in [4.78, 5) is 24.3. The Hall–Kier alpha value is -2.04. The topological polar surface area (TPSA) is 81.4 Å². The Balaban J connectivity index is 1.73. The molecule has 0 radical (unpaired) electrons. The van der Waals surface area contributed by atoms with Gasteiger partial charge in [0, 0.05) is 11.6 Å². The van der Waals surface area contributed by atoms with Crippen molar-refractivity contribution in [3.63, 3.8) is 0 Å². The second-order valence-corrected chi connectivity index (χ2v) is 6.14. The standard InChI is InChI=1S/C17H22N2O3/c18-16(20)13-6-1-3-7-14(13)19-17(21)12-9-10-22-15-8-4-2-5-11(12)15/h2,4-5,8,12-14H,1,3,6-7,9-10H2,(H2,18,20)(H,19,21)/t12-,13-,14+/m1/s1. The summed E-state index contributed by atoms with van der Waals surface area (Å²) in [7, 11) is 0. The minimum absolute atomic E-state index is 0.0195. The predicted molar refractivity (Wildman–Crippen MR) is 82.4 cm³/mol. The lowest BCUT2D eigenvalue weighted by molar-refractivity contribution is -0.127. The Morgan fingerprint density at radius 1 is 1.14 bits per heavy atom. The summed E-state index contributed by atoms with van der Waals surface area (Å²) in [5.74, 6) is 0.00320. The number of carbonyl (C=O) groups excluding carboxylic acids is 2. The average Bonchev–Trinajstić information content (AvgIpc) is 2.54. The van der Waals surface area contributed by atoms with Crippen molar-refractivity contribution in [1.82, 2.24) is 5.32 Å². The molecule has 0 bridgehead atoms. The average molecular weight is 302 g/mol. The van der Waals surface area contributed by atoms with Crippen LogP contribution in [0.1, 0.15) is 43.6 Å². The fourth-order valence-corrected chi connectivity index (χ4v) is 3.54. The van der Waals surface area contributed by atoms with Crippen molar-refractivity contribution in [1.29, 1.82) is 0 Å². The third-order valence-electron chi connectivity index (χ3n) is 4.73. The van der Waals surface area contributed by atoms with Gasteiger partial charge < -0.3 is 15.8 Å². The first-order valence-corrected chi connectivity index (χ1v) is 7.98. The smallest absolute Gasteiger partial charge is 0.228 e. The lowest BCUT2D eigenvalue weighted by Gasteiger charge is -2.32. The Labute approximate surface area is 130 Å². The number of nitrogens with one attached hydrogen (secondary N) is 1. The fraction of sp³-hybridized carbons (Fsp3) is 0.529. The minimum Gasteiger partial charge on any atom is -0.493 e. The van der Waals surface area contributed by atoms with Gasteiger partial charge in [0.25, 0.3) is 0 Å². The van der Waals surface area contributed by atoms with Crippen molar-refractivity contribution in [2.24, 2.45) is 11.7 Å². The van der Waals surface area contributed by atoms with Crippen molar-refractivity contribution in [2.45, 2.75) is 44.1 Å². The van der Waals surface area contributed by atoms with E-state index in [1.807, 2.05) is 24.3 Å². The Morgan fingerprint density at radius 2 is 1.91 bits per heavy atom. The number of primary amides is 1. The fourth-order valence-electron chi connectivity index (χ4n) is 3.54. The lowest BCUT2D eigenvalue weighted by Crippen LogP contribution is -2.48. The molecule has 22 heavy (non-hydrogen) atoms. The van der Waals surface area contributed by atoms with E-state index in [2.05, 4.69) is 5.32 Å². The lowest BCUT2D eigenvalue weighted by atomic mass is 9.83. The molecule has 1 saturated carbocycles. The van der Waals surface area contributed by atoms with Gasteiger partial charge in [0.2, 0.25) is 11.8 Å². The quantitative estimate of drug-likeness (QED) is 0.892. The Bertz CT molecular complexity index is 573. The molecule has 1 aromatic carbocycles. The Kier molecular flexibility index (Phi) is 4.32. The number of fused-ring (bicyclic) bond motifs is 1. The molecule has 0 unspecified atom stereocenters. The monoisotopic (exact) mass is 302 g/mol. The van der Waals surface area contributed by atoms with Gasteiger partial charge in [-0.15, -0.1) is 0 Å². The summed E-state index contributed by atoms with van der Waals surface area (Å²) < 4.78 is 5.60.